The van der Waals surface area contributed by atoms with Gasteiger partial charge in [-0.2, -0.15) is 0 Å². The Morgan fingerprint density at radius 3 is 2.57 bits per heavy atom. The minimum Gasteiger partial charge on any atom is -0.360 e. The van der Waals surface area contributed by atoms with Crippen molar-refractivity contribution in [1.29, 1.82) is 0 Å². The molecule has 1 fully saturated rings. The lowest BCUT2D eigenvalue weighted by atomic mass is 10.0. The second-order valence-electron chi connectivity index (χ2n) is 5.85. The summed E-state index contributed by atoms with van der Waals surface area (Å²) in [6.45, 7) is 2.26. The Hall–Kier alpha value is -2.63. The van der Waals surface area contributed by atoms with E-state index >= 15 is 0 Å². The molecule has 1 aromatic heterocycles. The zero-order chi connectivity index (χ0) is 16.3. The second-order valence-corrected chi connectivity index (χ2v) is 5.85. The molecule has 0 spiro atoms. The molecule has 3 rings (SSSR count). The molecule has 6 heteroatoms. The van der Waals surface area contributed by atoms with Gasteiger partial charge in [0.05, 0.1) is 0 Å². The number of carbonyl (C=O) groups excluding carboxylic acids is 2. The summed E-state index contributed by atoms with van der Waals surface area (Å²) in [6, 6.07) is 11.5. The van der Waals surface area contributed by atoms with Crippen molar-refractivity contribution in [3.8, 4) is 0 Å². The van der Waals surface area contributed by atoms with Crippen molar-refractivity contribution in [1.82, 2.24) is 10.5 Å². The summed E-state index contributed by atoms with van der Waals surface area (Å²) in [5.41, 5.74) is 0.198. The van der Waals surface area contributed by atoms with Gasteiger partial charge < -0.3 is 15.2 Å². The maximum Gasteiger partial charge on any atom is 0.241 e. The van der Waals surface area contributed by atoms with Gasteiger partial charge in [-0.05, 0) is 31.7 Å². The molecule has 0 saturated heterocycles. The van der Waals surface area contributed by atoms with E-state index < -0.39 is 5.41 Å². The van der Waals surface area contributed by atoms with Crippen molar-refractivity contribution in [2.75, 3.05) is 11.9 Å². The Labute approximate surface area is 134 Å². The summed E-state index contributed by atoms with van der Waals surface area (Å²) >= 11 is 0. The van der Waals surface area contributed by atoms with Crippen LogP contribution >= 0.6 is 0 Å². The zero-order valence-corrected chi connectivity index (χ0v) is 13.0. The van der Waals surface area contributed by atoms with Crippen molar-refractivity contribution in [2.24, 2.45) is 5.41 Å². The van der Waals surface area contributed by atoms with Crippen molar-refractivity contribution in [2.45, 2.75) is 26.2 Å². The van der Waals surface area contributed by atoms with Gasteiger partial charge in [-0.15, -0.1) is 0 Å². The predicted octanol–water partition coefficient (Wildman–Crippen LogP) is 2.06. The van der Waals surface area contributed by atoms with Crippen LogP contribution in [0.15, 0.2) is 40.9 Å². The van der Waals surface area contributed by atoms with Gasteiger partial charge in [0.2, 0.25) is 11.8 Å². The van der Waals surface area contributed by atoms with Crippen molar-refractivity contribution in [3.63, 3.8) is 0 Å². The third-order valence-corrected chi connectivity index (χ3v) is 4.03. The van der Waals surface area contributed by atoms with Crippen molar-refractivity contribution in [3.05, 3.63) is 47.7 Å². The van der Waals surface area contributed by atoms with Crippen LogP contribution in [0.4, 0.5) is 5.82 Å². The van der Waals surface area contributed by atoms with Gasteiger partial charge in [0.15, 0.2) is 5.82 Å². The number of carbonyl (C=O) groups is 2. The fourth-order valence-electron chi connectivity index (χ4n) is 2.48. The number of benzene rings is 1. The highest BCUT2D eigenvalue weighted by atomic mass is 16.5. The lowest BCUT2D eigenvalue weighted by Gasteiger charge is -2.14. The Morgan fingerprint density at radius 2 is 1.96 bits per heavy atom. The smallest absolute Gasteiger partial charge is 0.241 e. The minimum atomic E-state index is -0.955. The number of aromatic nitrogens is 1. The van der Waals surface area contributed by atoms with E-state index in [9.17, 15) is 9.59 Å². The highest BCUT2D eigenvalue weighted by Crippen LogP contribution is 2.46. The van der Waals surface area contributed by atoms with Crippen LogP contribution in [-0.4, -0.2) is 23.5 Å². The average Bonchev–Trinajstić information content (AvgIpc) is 3.27. The molecule has 0 unspecified atom stereocenters. The fraction of sp³-hybridized carbons (Fsp3) is 0.353. The number of hydrogen-bond acceptors (Lipinski definition) is 4. The van der Waals surface area contributed by atoms with Crippen LogP contribution in [-0.2, 0) is 16.0 Å². The molecule has 0 radical (unpaired) electrons. The monoisotopic (exact) mass is 313 g/mol. The maximum absolute atomic E-state index is 12.3. The highest BCUT2D eigenvalue weighted by Gasteiger charge is 2.56. The summed E-state index contributed by atoms with van der Waals surface area (Å²) in [4.78, 5) is 24.7. The normalized spacial score (nSPS) is 15.0. The summed E-state index contributed by atoms with van der Waals surface area (Å²) in [7, 11) is 0. The van der Waals surface area contributed by atoms with Gasteiger partial charge in [0.25, 0.3) is 0 Å². The van der Waals surface area contributed by atoms with E-state index in [1.54, 1.807) is 13.0 Å². The van der Waals surface area contributed by atoms with Crippen molar-refractivity contribution < 1.29 is 14.1 Å². The van der Waals surface area contributed by atoms with E-state index in [0.29, 0.717) is 31.0 Å². The maximum atomic E-state index is 12.3. The molecule has 0 atom stereocenters. The Balaban J connectivity index is 1.52. The van der Waals surface area contributed by atoms with Gasteiger partial charge in [0.1, 0.15) is 11.2 Å². The SMILES string of the molecule is Cc1cc(NC(=O)C2(C(=O)NCCc3ccccc3)CC2)no1. The lowest BCUT2D eigenvalue weighted by Crippen LogP contribution is -2.40. The van der Waals surface area contributed by atoms with Crippen LogP contribution < -0.4 is 10.6 Å². The number of hydrogen-bond donors (Lipinski definition) is 2. The van der Waals surface area contributed by atoms with Gasteiger partial charge in [0, 0.05) is 12.6 Å². The average molecular weight is 313 g/mol. The number of rotatable bonds is 6. The Bertz CT molecular complexity index is 705. The molecule has 0 aliphatic heterocycles. The van der Waals surface area contributed by atoms with E-state index in [2.05, 4.69) is 15.8 Å². The molecular weight excluding hydrogens is 294 g/mol. The quantitative estimate of drug-likeness (QED) is 0.800. The second kappa shape index (κ2) is 6.24. The topological polar surface area (TPSA) is 84.2 Å². The molecule has 1 heterocycles. The summed E-state index contributed by atoms with van der Waals surface area (Å²) in [6.07, 6.45) is 1.87. The van der Waals surface area contributed by atoms with Crippen LogP contribution in [0.25, 0.3) is 0 Å². The van der Waals surface area contributed by atoms with E-state index in [4.69, 9.17) is 4.52 Å². The molecule has 2 aromatic rings. The van der Waals surface area contributed by atoms with Crippen LogP contribution in [0, 0.1) is 12.3 Å². The number of amides is 2. The molecule has 1 aliphatic carbocycles. The molecule has 23 heavy (non-hydrogen) atoms. The summed E-state index contributed by atoms with van der Waals surface area (Å²) in [5.74, 6) is 0.419. The van der Waals surface area contributed by atoms with Gasteiger partial charge in [-0.25, -0.2) is 0 Å². The Kier molecular flexibility index (Phi) is 4.14. The minimum absolute atomic E-state index is 0.217. The molecule has 2 N–H and O–H groups in total. The molecule has 120 valence electrons. The van der Waals surface area contributed by atoms with E-state index in [0.717, 1.165) is 12.0 Å². The molecule has 2 amide bonds. The van der Waals surface area contributed by atoms with Crippen LogP contribution in [0.5, 0.6) is 0 Å². The number of nitrogens with zero attached hydrogens (tertiary/aromatic N) is 1. The molecule has 1 aromatic carbocycles. The van der Waals surface area contributed by atoms with E-state index in [1.165, 1.54) is 0 Å². The van der Waals surface area contributed by atoms with Crippen LogP contribution in [0.2, 0.25) is 0 Å². The number of aryl methyl sites for hydroxylation is 1. The standard InChI is InChI=1S/C17H19N3O3/c1-12-11-14(20-23-12)19-16(22)17(8-9-17)15(21)18-10-7-13-5-3-2-4-6-13/h2-6,11H,7-10H2,1H3,(H,18,21)(H,19,20,22). The lowest BCUT2D eigenvalue weighted by molar-refractivity contribution is -0.134. The number of anilines is 1. The first-order chi connectivity index (χ1) is 11.1. The van der Waals surface area contributed by atoms with E-state index in [1.807, 2.05) is 30.3 Å². The highest BCUT2D eigenvalue weighted by molar-refractivity contribution is 6.12. The predicted molar refractivity (Wildman–Crippen MR) is 84.7 cm³/mol. The van der Waals surface area contributed by atoms with E-state index in [-0.39, 0.29) is 11.8 Å². The third-order valence-electron chi connectivity index (χ3n) is 4.03. The van der Waals surface area contributed by atoms with Gasteiger partial charge >= 0.3 is 0 Å². The first kappa shape index (κ1) is 15.3. The summed E-state index contributed by atoms with van der Waals surface area (Å²) in [5, 5.41) is 9.23. The molecule has 0 bridgehead atoms. The van der Waals surface area contributed by atoms with Crippen LogP contribution in [0.1, 0.15) is 24.2 Å². The molecule has 1 aliphatic rings. The molecule has 6 nitrogen and oxygen atoms in total. The largest absolute Gasteiger partial charge is 0.360 e. The first-order valence-electron chi connectivity index (χ1n) is 7.67. The van der Waals surface area contributed by atoms with Gasteiger partial charge in [-0.3, -0.25) is 9.59 Å². The first-order valence-corrected chi connectivity index (χ1v) is 7.67. The zero-order valence-electron chi connectivity index (χ0n) is 13.0. The third kappa shape index (κ3) is 3.41. The molecule has 1 saturated carbocycles. The van der Waals surface area contributed by atoms with Crippen LogP contribution in [0.3, 0.4) is 0 Å². The van der Waals surface area contributed by atoms with Crippen molar-refractivity contribution >= 4 is 17.6 Å². The van der Waals surface area contributed by atoms with Gasteiger partial charge in [-0.1, -0.05) is 35.5 Å². The number of nitrogens with one attached hydrogen (secondary N) is 2. The Morgan fingerprint density at radius 1 is 1.22 bits per heavy atom. The summed E-state index contributed by atoms with van der Waals surface area (Å²) < 4.78 is 4.91. The fourth-order valence-corrected chi connectivity index (χ4v) is 2.48. The molecular formula is C17H19N3O3.